The van der Waals surface area contributed by atoms with E-state index in [1.165, 1.54) is 0 Å². The van der Waals surface area contributed by atoms with Crippen molar-refractivity contribution in [2.24, 2.45) is 0 Å². The maximum atomic E-state index is 12.8. The highest BCUT2D eigenvalue weighted by atomic mass is 16.5. The van der Waals surface area contributed by atoms with Gasteiger partial charge in [0.1, 0.15) is 23.0 Å². The Hall–Kier alpha value is -3.55. The van der Waals surface area contributed by atoms with Crippen molar-refractivity contribution in [2.45, 2.75) is 12.3 Å². The minimum Gasteiger partial charge on any atom is -0.508 e. The molecule has 0 unspecified atom stereocenters. The molecule has 132 valence electrons. The van der Waals surface area contributed by atoms with Crippen LogP contribution in [0.1, 0.15) is 49.7 Å². The van der Waals surface area contributed by atoms with Crippen LogP contribution in [0, 0.1) is 0 Å². The quantitative estimate of drug-likeness (QED) is 0.478. The van der Waals surface area contributed by atoms with E-state index in [4.69, 9.17) is 4.74 Å². The Morgan fingerprint density at radius 2 is 1.54 bits per heavy atom. The fourth-order valence-corrected chi connectivity index (χ4v) is 3.48. The molecule has 4 rings (SSSR count). The SMILES string of the molecule is O=C1c2cc(O)cc(O)c2C(=O)c2c1cc(O)c([C@H]1CCOC1=O)c2O. The summed E-state index contributed by atoms with van der Waals surface area (Å²) in [6.07, 6.45) is 0.205. The summed E-state index contributed by atoms with van der Waals surface area (Å²) in [5.41, 5.74) is -1.48. The number of aromatic hydroxyl groups is 4. The van der Waals surface area contributed by atoms with Crippen molar-refractivity contribution in [3.63, 3.8) is 0 Å². The number of carbonyl (C=O) groups excluding carboxylic acids is 3. The number of benzene rings is 2. The first-order chi connectivity index (χ1) is 12.3. The lowest BCUT2D eigenvalue weighted by Crippen LogP contribution is -2.22. The monoisotopic (exact) mass is 356 g/mol. The number of ether oxygens (including phenoxy) is 1. The highest BCUT2D eigenvalue weighted by Gasteiger charge is 2.40. The molecule has 2 aliphatic rings. The molecule has 8 nitrogen and oxygen atoms in total. The summed E-state index contributed by atoms with van der Waals surface area (Å²) in [6.45, 7) is 0.106. The van der Waals surface area contributed by atoms with Gasteiger partial charge in [-0.15, -0.1) is 0 Å². The second-order valence-corrected chi connectivity index (χ2v) is 6.13. The molecule has 0 aromatic heterocycles. The average Bonchev–Trinajstić information content (AvgIpc) is 2.97. The molecule has 1 saturated heterocycles. The van der Waals surface area contributed by atoms with E-state index < -0.39 is 52.0 Å². The fraction of sp³-hybridized carbons (Fsp3) is 0.167. The van der Waals surface area contributed by atoms with Crippen LogP contribution in [-0.4, -0.2) is 44.6 Å². The number of hydrogen-bond donors (Lipinski definition) is 4. The third-order valence-corrected chi connectivity index (χ3v) is 4.65. The Labute approximate surface area is 145 Å². The van der Waals surface area contributed by atoms with Crippen molar-refractivity contribution in [2.75, 3.05) is 6.61 Å². The average molecular weight is 356 g/mol. The molecule has 1 aliphatic carbocycles. The molecule has 1 fully saturated rings. The molecule has 0 saturated carbocycles. The number of phenols is 4. The van der Waals surface area contributed by atoms with Crippen LogP contribution in [0.3, 0.4) is 0 Å². The molecule has 0 bridgehead atoms. The van der Waals surface area contributed by atoms with Gasteiger partial charge < -0.3 is 25.2 Å². The third-order valence-electron chi connectivity index (χ3n) is 4.65. The maximum Gasteiger partial charge on any atom is 0.313 e. The number of carbonyl (C=O) groups is 3. The van der Waals surface area contributed by atoms with E-state index in [0.29, 0.717) is 0 Å². The van der Waals surface area contributed by atoms with Gasteiger partial charge in [0.05, 0.1) is 29.2 Å². The molecule has 1 atom stereocenters. The van der Waals surface area contributed by atoms with Crippen LogP contribution in [-0.2, 0) is 9.53 Å². The van der Waals surface area contributed by atoms with Gasteiger partial charge in [0.25, 0.3) is 0 Å². The van der Waals surface area contributed by atoms with Gasteiger partial charge in [-0.3, -0.25) is 14.4 Å². The first-order valence-corrected chi connectivity index (χ1v) is 7.72. The van der Waals surface area contributed by atoms with Crippen LogP contribution in [0.15, 0.2) is 18.2 Å². The summed E-state index contributed by atoms with van der Waals surface area (Å²) in [5.74, 6) is -5.46. The van der Waals surface area contributed by atoms with Crippen molar-refractivity contribution in [1.82, 2.24) is 0 Å². The second kappa shape index (κ2) is 5.22. The van der Waals surface area contributed by atoms with Crippen molar-refractivity contribution in [1.29, 1.82) is 0 Å². The molecule has 0 amide bonds. The highest BCUT2D eigenvalue weighted by Crippen LogP contribution is 2.46. The largest absolute Gasteiger partial charge is 0.508 e. The molecule has 0 spiro atoms. The van der Waals surface area contributed by atoms with Crippen molar-refractivity contribution >= 4 is 17.5 Å². The third kappa shape index (κ3) is 1.98. The van der Waals surface area contributed by atoms with Crippen LogP contribution in [0.2, 0.25) is 0 Å². The Balaban J connectivity index is 1.99. The Bertz CT molecular complexity index is 1020. The van der Waals surface area contributed by atoms with Crippen molar-refractivity contribution in [3.8, 4) is 23.0 Å². The molecule has 1 aliphatic heterocycles. The van der Waals surface area contributed by atoms with Gasteiger partial charge in [0.15, 0.2) is 5.78 Å². The zero-order chi connectivity index (χ0) is 18.7. The van der Waals surface area contributed by atoms with E-state index in [-0.39, 0.29) is 35.3 Å². The first kappa shape index (κ1) is 15.9. The lowest BCUT2D eigenvalue weighted by molar-refractivity contribution is -0.139. The minimum atomic E-state index is -0.960. The minimum absolute atomic E-state index is 0.106. The van der Waals surface area contributed by atoms with Gasteiger partial charge in [-0.2, -0.15) is 0 Å². The summed E-state index contributed by atoms with van der Waals surface area (Å²) < 4.78 is 4.83. The van der Waals surface area contributed by atoms with Gasteiger partial charge in [-0.1, -0.05) is 0 Å². The summed E-state index contributed by atoms with van der Waals surface area (Å²) >= 11 is 0. The van der Waals surface area contributed by atoms with E-state index >= 15 is 0 Å². The topological polar surface area (TPSA) is 141 Å². The zero-order valence-corrected chi connectivity index (χ0v) is 13.1. The van der Waals surface area contributed by atoms with E-state index in [1.54, 1.807) is 0 Å². The van der Waals surface area contributed by atoms with E-state index in [2.05, 4.69) is 0 Å². The summed E-state index contributed by atoms with van der Waals surface area (Å²) in [5, 5.41) is 40.4. The van der Waals surface area contributed by atoms with Crippen LogP contribution in [0.5, 0.6) is 23.0 Å². The van der Waals surface area contributed by atoms with E-state index in [9.17, 15) is 34.8 Å². The normalized spacial score (nSPS) is 18.5. The predicted octanol–water partition coefficient (Wildman–Crippen LogP) is 1.31. The lowest BCUT2D eigenvalue weighted by atomic mass is 9.80. The van der Waals surface area contributed by atoms with Crippen molar-refractivity contribution in [3.05, 3.63) is 46.0 Å². The van der Waals surface area contributed by atoms with Crippen LogP contribution in [0.4, 0.5) is 0 Å². The molecule has 8 heteroatoms. The fourth-order valence-electron chi connectivity index (χ4n) is 3.48. The summed E-state index contributed by atoms with van der Waals surface area (Å²) in [7, 11) is 0. The second-order valence-electron chi connectivity index (χ2n) is 6.13. The number of fused-ring (bicyclic) bond motifs is 2. The smallest absolute Gasteiger partial charge is 0.313 e. The molecule has 4 N–H and O–H groups in total. The van der Waals surface area contributed by atoms with Crippen molar-refractivity contribution < 1.29 is 39.5 Å². The first-order valence-electron chi connectivity index (χ1n) is 7.72. The van der Waals surface area contributed by atoms with E-state index in [1.807, 2.05) is 0 Å². The van der Waals surface area contributed by atoms with Crippen LogP contribution >= 0.6 is 0 Å². The number of cyclic esters (lactones) is 1. The van der Waals surface area contributed by atoms with Gasteiger partial charge in [0.2, 0.25) is 5.78 Å². The molecule has 26 heavy (non-hydrogen) atoms. The molecular formula is C18H12O8. The van der Waals surface area contributed by atoms with E-state index in [0.717, 1.165) is 18.2 Å². The van der Waals surface area contributed by atoms with Gasteiger partial charge in [0, 0.05) is 17.2 Å². The number of ketones is 2. The molecule has 2 aromatic rings. The number of esters is 1. The molecule has 2 aromatic carbocycles. The molecule has 1 heterocycles. The number of hydrogen-bond acceptors (Lipinski definition) is 8. The Kier molecular flexibility index (Phi) is 3.20. The standard InChI is InChI=1S/C18H12O8/c19-6-3-8-13(10(20)4-6)17(24)14-9(15(8)22)5-11(21)12(16(14)23)7-1-2-26-18(7)25/h3-5,7,19-21,23H,1-2H2/t7-/m1/s1. The van der Waals surface area contributed by atoms with Gasteiger partial charge in [-0.05, 0) is 18.6 Å². The summed E-state index contributed by atoms with van der Waals surface area (Å²) in [4.78, 5) is 37.3. The lowest BCUT2D eigenvalue weighted by Gasteiger charge is -2.22. The molecule has 0 radical (unpaired) electrons. The summed E-state index contributed by atoms with van der Waals surface area (Å²) in [6, 6.07) is 2.93. The van der Waals surface area contributed by atoms with Gasteiger partial charge in [-0.25, -0.2) is 0 Å². The molecular weight excluding hydrogens is 344 g/mol. The number of rotatable bonds is 1. The predicted molar refractivity (Wildman–Crippen MR) is 84.7 cm³/mol. The highest BCUT2D eigenvalue weighted by molar-refractivity contribution is 6.30. The van der Waals surface area contributed by atoms with Crippen LogP contribution < -0.4 is 0 Å². The number of phenolic OH excluding ortho intramolecular Hbond substituents is 4. The van der Waals surface area contributed by atoms with Gasteiger partial charge >= 0.3 is 5.97 Å². The Morgan fingerprint density at radius 3 is 2.19 bits per heavy atom. The Morgan fingerprint density at radius 1 is 0.846 bits per heavy atom. The maximum absolute atomic E-state index is 12.8. The van der Waals surface area contributed by atoms with Crippen LogP contribution in [0.25, 0.3) is 0 Å². The zero-order valence-electron chi connectivity index (χ0n) is 13.1.